The van der Waals surface area contributed by atoms with Crippen molar-refractivity contribution in [3.63, 3.8) is 0 Å². The van der Waals surface area contributed by atoms with E-state index in [9.17, 15) is 0 Å². The van der Waals surface area contributed by atoms with Crippen LogP contribution in [0.25, 0.3) is 10.9 Å². The van der Waals surface area contributed by atoms with E-state index < -0.39 is 0 Å². The summed E-state index contributed by atoms with van der Waals surface area (Å²) in [5.41, 5.74) is 2.69. The zero-order valence-corrected chi connectivity index (χ0v) is 10.4. The number of benzene rings is 1. The van der Waals surface area contributed by atoms with Gasteiger partial charge >= 0.3 is 0 Å². The number of aromatic nitrogens is 1. The molecule has 0 spiro atoms. The van der Waals surface area contributed by atoms with Gasteiger partial charge in [-0.05, 0) is 49.3 Å². The van der Waals surface area contributed by atoms with Gasteiger partial charge in [-0.2, -0.15) is 0 Å². The molecule has 1 atom stereocenters. The SMILES string of the molecule is Cc1ccc2c(ccn2CCC2CCOC2)c1. The Balaban J connectivity index is 1.76. The molecule has 2 heteroatoms. The minimum atomic E-state index is 0.762. The van der Waals surface area contributed by atoms with Crippen LogP contribution in [-0.2, 0) is 11.3 Å². The van der Waals surface area contributed by atoms with Crippen LogP contribution in [0.3, 0.4) is 0 Å². The Bertz CT molecular complexity index is 509. The minimum absolute atomic E-state index is 0.762. The third-order valence-electron chi connectivity index (χ3n) is 3.73. The minimum Gasteiger partial charge on any atom is -0.381 e. The van der Waals surface area contributed by atoms with Crippen LogP contribution < -0.4 is 0 Å². The van der Waals surface area contributed by atoms with E-state index in [4.69, 9.17) is 4.74 Å². The second kappa shape index (κ2) is 4.53. The quantitative estimate of drug-likeness (QED) is 0.787. The Morgan fingerprint density at radius 2 is 2.29 bits per heavy atom. The van der Waals surface area contributed by atoms with E-state index >= 15 is 0 Å². The van der Waals surface area contributed by atoms with Gasteiger partial charge in [-0.15, -0.1) is 0 Å². The van der Waals surface area contributed by atoms with Crippen LogP contribution in [0.5, 0.6) is 0 Å². The summed E-state index contributed by atoms with van der Waals surface area (Å²) >= 11 is 0. The van der Waals surface area contributed by atoms with Crippen molar-refractivity contribution in [1.29, 1.82) is 0 Å². The molecule has 1 aromatic heterocycles. The second-order valence-electron chi connectivity index (χ2n) is 5.09. The molecule has 1 saturated heterocycles. The molecule has 0 aliphatic carbocycles. The summed E-state index contributed by atoms with van der Waals surface area (Å²) in [6.07, 6.45) is 4.68. The molecule has 1 aliphatic rings. The molecule has 1 unspecified atom stereocenters. The van der Waals surface area contributed by atoms with Crippen molar-refractivity contribution in [2.45, 2.75) is 26.3 Å². The van der Waals surface area contributed by atoms with Gasteiger partial charge in [0, 0.05) is 31.5 Å². The van der Waals surface area contributed by atoms with Gasteiger partial charge in [0.2, 0.25) is 0 Å². The lowest BCUT2D eigenvalue weighted by atomic mass is 10.1. The summed E-state index contributed by atoms with van der Waals surface area (Å²) in [7, 11) is 0. The number of fused-ring (bicyclic) bond motifs is 1. The van der Waals surface area contributed by atoms with Crippen molar-refractivity contribution < 1.29 is 4.74 Å². The Hall–Kier alpha value is -1.28. The summed E-state index contributed by atoms with van der Waals surface area (Å²) in [5, 5.41) is 1.35. The van der Waals surface area contributed by atoms with Crippen LogP contribution in [0.1, 0.15) is 18.4 Å². The molecule has 0 amide bonds. The van der Waals surface area contributed by atoms with Crippen LogP contribution in [0.4, 0.5) is 0 Å². The normalized spacial score (nSPS) is 20.2. The first-order chi connectivity index (χ1) is 8.33. The summed E-state index contributed by atoms with van der Waals surface area (Å²) in [4.78, 5) is 0. The van der Waals surface area contributed by atoms with E-state index in [1.54, 1.807) is 0 Å². The van der Waals surface area contributed by atoms with Gasteiger partial charge in [-0.3, -0.25) is 0 Å². The fourth-order valence-corrected chi connectivity index (χ4v) is 2.65. The monoisotopic (exact) mass is 229 g/mol. The molecule has 2 nitrogen and oxygen atoms in total. The van der Waals surface area contributed by atoms with Crippen LogP contribution in [0, 0.1) is 12.8 Å². The predicted octanol–water partition coefficient (Wildman–Crippen LogP) is 3.38. The zero-order chi connectivity index (χ0) is 11.7. The lowest BCUT2D eigenvalue weighted by molar-refractivity contribution is 0.183. The molecule has 0 saturated carbocycles. The van der Waals surface area contributed by atoms with Crippen molar-refractivity contribution in [2.24, 2.45) is 5.92 Å². The maximum absolute atomic E-state index is 5.42. The first-order valence-corrected chi connectivity index (χ1v) is 6.46. The average Bonchev–Trinajstić information content (AvgIpc) is 2.94. The van der Waals surface area contributed by atoms with Crippen LogP contribution in [-0.4, -0.2) is 17.8 Å². The van der Waals surface area contributed by atoms with Crippen LogP contribution in [0.2, 0.25) is 0 Å². The largest absolute Gasteiger partial charge is 0.381 e. The Kier molecular flexibility index (Phi) is 2.89. The van der Waals surface area contributed by atoms with Gasteiger partial charge in [0.1, 0.15) is 0 Å². The number of ether oxygens (including phenoxy) is 1. The van der Waals surface area contributed by atoms with E-state index in [2.05, 4.69) is 42.0 Å². The first kappa shape index (κ1) is 10.8. The van der Waals surface area contributed by atoms with Crippen molar-refractivity contribution in [3.05, 3.63) is 36.0 Å². The van der Waals surface area contributed by atoms with Gasteiger partial charge < -0.3 is 9.30 Å². The van der Waals surface area contributed by atoms with Crippen molar-refractivity contribution in [1.82, 2.24) is 4.57 Å². The highest BCUT2D eigenvalue weighted by Gasteiger charge is 2.15. The van der Waals surface area contributed by atoms with E-state index in [0.717, 1.165) is 25.7 Å². The average molecular weight is 229 g/mol. The van der Waals surface area contributed by atoms with Crippen molar-refractivity contribution in [2.75, 3.05) is 13.2 Å². The fraction of sp³-hybridized carbons (Fsp3) is 0.467. The molecule has 0 N–H and O–H groups in total. The van der Waals surface area contributed by atoms with Crippen molar-refractivity contribution in [3.8, 4) is 0 Å². The van der Waals surface area contributed by atoms with Gasteiger partial charge in [0.25, 0.3) is 0 Å². The third kappa shape index (κ3) is 2.22. The number of aryl methyl sites for hydroxylation is 2. The number of rotatable bonds is 3. The molecule has 1 fully saturated rings. The van der Waals surface area contributed by atoms with Gasteiger partial charge in [0.15, 0.2) is 0 Å². The molecular weight excluding hydrogens is 210 g/mol. The Morgan fingerprint density at radius 3 is 3.12 bits per heavy atom. The molecule has 3 rings (SSSR count). The first-order valence-electron chi connectivity index (χ1n) is 6.46. The highest BCUT2D eigenvalue weighted by Crippen LogP contribution is 2.21. The third-order valence-corrected chi connectivity index (χ3v) is 3.73. The number of nitrogens with zero attached hydrogens (tertiary/aromatic N) is 1. The van der Waals surface area contributed by atoms with Crippen LogP contribution in [0.15, 0.2) is 30.5 Å². The molecule has 0 radical (unpaired) electrons. The van der Waals surface area contributed by atoms with E-state index in [0.29, 0.717) is 0 Å². The summed E-state index contributed by atoms with van der Waals surface area (Å²) in [5.74, 6) is 0.762. The van der Waals surface area contributed by atoms with Crippen molar-refractivity contribution >= 4 is 10.9 Å². The lowest BCUT2D eigenvalue weighted by Gasteiger charge is -2.09. The molecule has 2 aromatic rings. The van der Waals surface area contributed by atoms with E-state index in [1.165, 1.54) is 29.3 Å². The highest BCUT2D eigenvalue weighted by atomic mass is 16.5. The van der Waals surface area contributed by atoms with Gasteiger partial charge in [0.05, 0.1) is 0 Å². The Labute approximate surface area is 102 Å². The van der Waals surface area contributed by atoms with E-state index in [-0.39, 0.29) is 0 Å². The maximum Gasteiger partial charge on any atom is 0.0495 e. The number of hydrogen-bond donors (Lipinski definition) is 0. The van der Waals surface area contributed by atoms with Gasteiger partial charge in [-0.25, -0.2) is 0 Å². The van der Waals surface area contributed by atoms with Crippen LogP contribution >= 0.6 is 0 Å². The molecule has 0 bridgehead atoms. The standard InChI is InChI=1S/C15H19NO/c1-12-2-3-15-14(10-12)5-8-16(15)7-4-13-6-9-17-11-13/h2-3,5,8,10,13H,4,6-7,9,11H2,1H3. The topological polar surface area (TPSA) is 14.2 Å². The molecule has 2 heterocycles. The second-order valence-corrected chi connectivity index (χ2v) is 5.09. The number of hydrogen-bond acceptors (Lipinski definition) is 1. The molecule has 90 valence electrons. The maximum atomic E-state index is 5.42. The zero-order valence-electron chi connectivity index (χ0n) is 10.4. The molecule has 1 aliphatic heterocycles. The molecule has 17 heavy (non-hydrogen) atoms. The molecule has 1 aromatic carbocycles. The lowest BCUT2D eigenvalue weighted by Crippen LogP contribution is -2.05. The highest BCUT2D eigenvalue weighted by molar-refractivity contribution is 5.80. The predicted molar refractivity (Wildman–Crippen MR) is 70.2 cm³/mol. The molecular formula is C15H19NO. The smallest absolute Gasteiger partial charge is 0.0495 e. The fourth-order valence-electron chi connectivity index (χ4n) is 2.65. The Morgan fingerprint density at radius 1 is 1.35 bits per heavy atom. The summed E-state index contributed by atoms with van der Waals surface area (Å²) < 4.78 is 7.79. The summed E-state index contributed by atoms with van der Waals surface area (Å²) in [6, 6.07) is 8.89. The summed E-state index contributed by atoms with van der Waals surface area (Å²) in [6.45, 7) is 5.17. The van der Waals surface area contributed by atoms with E-state index in [1.807, 2.05) is 0 Å². The van der Waals surface area contributed by atoms with Gasteiger partial charge in [-0.1, -0.05) is 11.6 Å².